The van der Waals surface area contributed by atoms with Crippen molar-refractivity contribution >= 4 is 15.9 Å². The van der Waals surface area contributed by atoms with Gasteiger partial charge in [0, 0.05) is 0 Å². The summed E-state index contributed by atoms with van der Waals surface area (Å²) >= 11 is 3.52. The number of nitrogens with two attached hydrogens (primary N) is 1. The van der Waals surface area contributed by atoms with Crippen LogP contribution >= 0.6 is 15.9 Å². The second-order valence-electron chi connectivity index (χ2n) is 3.86. The highest BCUT2D eigenvalue weighted by Gasteiger charge is 2.02. The summed E-state index contributed by atoms with van der Waals surface area (Å²) in [5.74, 6) is 0.928. The van der Waals surface area contributed by atoms with Gasteiger partial charge < -0.3 is 10.5 Å². The molecule has 0 radical (unpaired) electrons. The number of hydrogen-bond acceptors (Lipinski definition) is 2. The number of rotatable bonds is 7. The van der Waals surface area contributed by atoms with E-state index in [1.54, 1.807) is 0 Å². The molecule has 0 bridgehead atoms. The predicted molar refractivity (Wildman–Crippen MR) is 71.9 cm³/mol. The molecule has 0 aliphatic carbocycles. The fraction of sp³-hybridized carbons (Fsp3) is 0.538. The van der Waals surface area contributed by atoms with Crippen molar-refractivity contribution in [3.05, 3.63) is 28.2 Å². The molecule has 90 valence electrons. The SMILES string of the molecule is CCCCCOc1ccc(CCN)cc1Br. The Labute approximate surface area is 106 Å². The Morgan fingerprint density at radius 1 is 1.31 bits per heavy atom. The Hall–Kier alpha value is -0.540. The van der Waals surface area contributed by atoms with Crippen LogP contribution in [0.15, 0.2) is 22.7 Å². The van der Waals surface area contributed by atoms with Gasteiger partial charge in [0.15, 0.2) is 0 Å². The first-order valence-corrected chi connectivity index (χ1v) is 6.68. The van der Waals surface area contributed by atoms with Crippen LogP contribution in [0.3, 0.4) is 0 Å². The minimum absolute atomic E-state index is 0.684. The Balaban J connectivity index is 2.47. The van der Waals surface area contributed by atoms with Gasteiger partial charge in [-0.05, 0) is 53.0 Å². The predicted octanol–water partition coefficient (Wildman–Crippen LogP) is 3.52. The largest absolute Gasteiger partial charge is 0.492 e. The molecule has 0 amide bonds. The molecule has 0 aromatic heterocycles. The molecule has 0 fully saturated rings. The third-order valence-corrected chi connectivity index (χ3v) is 3.05. The maximum absolute atomic E-state index is 5.69. The van der Waals surface area contributed by atoms with Crippen LogP contribution < -0.4 is 10.5 Å². The van der Waals surface area contributed by atoms with Crippen molar-refractivity contribution in [2.45, 2.75) is 32.6 Å². The second-order valence-corrected chi connectivity index (χ2v) is 4.71. The van der Waals surface area contributed by atoms with Crippen molar-refractivity contribution in [3.63, 3.8) is 0 Å². The van der Waals surface area contributed by atoms with Crippen LogP contribution in [0.4, 0.5) is 0 Å². The number of unbranched alkanes of at least 4 members (excludes halogenated alkanes) is 2. The number of ether oxygens (including phenoxy) is 1. The van der Waals surface area contributed by atoms with E-state index in [9.17, 15) is 0 Å². The van der Waals surface area contributed by atoms with E-state index in [0.717, 1.165) is 29.7 Å². The lowest BCUT2D eigenvalue weighted by molar-refractivity contribution is 0.304. The topological polar surface area (TPSA) is 35.2 Å². The summed E-state index contributed by atoms with van der Waals surface area (Å²) < 4.78 is 6.72. The number of benzene rings is 1. The van der Waals surface area contributed by atoms with E-state index in [1.807, 2.05) is 6.07 Å². The zero-order valence-electron chi connectivity index (χ0n) is 9.84. The van der Waals surface area contributed by atoms with E-state index in [-0.39, 0.29) is 0 Å². The average molecular weight is 286 g/mol. The smallest absolute Gasteiger partial charge is 0.133 e. The van der Waals surface area contributed by atoms with Gasteiger partial charge >= 0.3 is 0 Å². The fourth-order valence-electron chi connectivity index (χ4n) is 1.52. The molecule has 1 rings (SSSR count). The molecular weight excluding hydrogens is 266 g/mol. The summed E-state index contributed by atoms with van der Waals surface area (Å²) in [6.07, 6.45) is 4.48. The van der Waals surface area contributed by atoms with E-state index in [0.29, 0.717) is 6.54 Å². The molecule has 0 unspecified atom stereocenters. The van der Waals surface area contributed by atoms with Crippen molar-refractivity contribution in [2.24, 2.45) is 5.73 Å². The third-order valence-electron chi connectivity index (χ3n) is 2.43. The lowest BCUT2D eigenvalue weighted by Crippen LogP contribution is -2.03. The van der Waals surface area contributed by atoms with Gasteiger partial charge in [-0.1, -0.05) is 25.8 Å². The van der Waals surface area contributed by atoms with Crippen molar-refractivity contribution in [2.75, 3.05) is 13.2 Å². The quantitative estimate of drug-likeness (QED) is 0.778. The minimum atomic E-state index is 0.684. The first-order valence-electron chi connectivity index (χ1n) is 5.89. The standard InChI is InChI=1S/C13H20BrNO/c1-2-3-4-9-16-13-6-5-11(7-8-15)10-12(13)14/h5-6,10H,2-4,7-9,15H2,1H3. The molecule has 2 N–H and O–H groups in total. The molecule has 0 heterocycles. The van der Waals surface area contributed by atoms with Crippen LogP contribution in [-0.4, -0.2) is 13.2 Å². The molecule has 0 spiro atoms. The lowest BCUT2D eigenvalue weighted by Gasteiger charge is -2.09. The molecular formula is C13H20BrNO. The molecule has 0 saturated carbocycles. The van der Waals surface area contributed by atoms with E-state index in [4.69, 9.17) is 10.5 Å². The Kier molecular flexibility index (Phi) is 6.50. The van der Waals surface area contributed by atoms with E-state index >= 15 is 0 Å². The Bertz CT molecular complexity index is 315. The van der Waals surface area contributed by atoms with Gasteiger partial charge in [0.1, 0.15) is 5.75 Å². The molecule has 0 aliphatic rings. The summed E-state index contributed by atoms with van der Waals surface area (Å²) in [5, 5.41) is 0. The van der Waals surface area contributed by atoms with Crippen LogP contribution in [-0.2, 0) is 6.42 Å². The van der Waals surface area contributed by atoms with Gasteiger partial charge in [0.05, 0.1) is 11.1 Å². The summed E-state index contributed by atoms with van der Waals surface area (Å²) in [6.45, 7) is 3.67. The van der Waals surface area contributed by atoms with Gasteiger partial charge in [0.25, 0.3) is 0 Å². The molecule has 1 aromatic carbocycles. The van der Waals surface area contributed by atoms with Crippen LogP contribution in [0.2, 0.25) is 0 Å². The first kappa shape index (κ1) is 13.5. The highest BCUT2D eigenvalue weighted by atomic mass is 79.9. The van der Waals surface area contributed by atoms with Crippen molar-refractivity contribution in [1.29, 1.82) is 0 Å². The summed E-state index contributed by atoms with van der Waals surface area (Å²) in [7, 11) is 0. The zero-order valence-corrected chi connectivity index (χ0v) is 11.4. The Morgan fingerprint density at radius 3 is 2.75 bits per heavy atom. The van der Waals surface area contributed by atoms with Gasteiger partial charge in [-0.2, -0.15) is 0 Å². The second kappa shape index (κ2) is 7.69. The van der Waals surface area contributed by atoms with E-state index in [2.05, 4.69) is 35.0 Å². The zero-order chi connectivity index (χ0) is 11.8. The highest BCUT2D eigenvalue weighted by molar-refractivity contribution is 9.10. The van der Waals surface area contributed by atoms with Crippen LogP contribution in [0.5, 0.6) is 5.75 Å². The maximum atomic E-state index is 5.69. The van der Waals surface area contributed by atoms with Gasteiger partial charge in [-0.3, -0.25) is 0 Å². The summed E-state index contributed by atoms with van der Waals surface area (Å²) in [5.41, 5.74) is 6.76. The average Bonchev–Trinajstić information content (AvgIpc) is 2.27. The summed E-state index contributed by atoms with van der Waals surface area (Å²) in [6, 6.07) is 6.18. The monoisotopic (exact) mass is 285 g/mol. The van der Waals surface area contributed by atoms with Crippen LogP contribution in [0.25, 0.3) is 0 Å². The third kappa shape index (κ3) is 4.54. The molecule has 16 heavy (non-hydrogen) atoms. The normalized spacial score (nSPS) is 10.4. The lowest BCUT2D eigenvalue weighted by atomic mass is 10.1. The van der Waals surface area contributed by atoms with Crippen molar-refractivity contribution < 1.29 is 4.74 Å². The van der Waals surface area contributed by atoms with Gasteiger partial charge in [0.2, 0.25) is 0 Å². The van der Waals surface area contributed by atoms with Gasteiger partial charge in [-0.15, -0.1) is 0 Å². The minimum Gasteiger partial charge on any atom is -0.492 e. The summed E-state index contributed by atoms with van der Waals surface area (Å²) in [4.78, 5) is 0. The molecule has 0 atom stereocenters. The van der Waals surface area contributed by atoms with Crippen molar-refractivity contribution in [3.8, 4) is 5.75 Å². The molecule has 0 aliphatic heterocycles. The molecule has 1 aromatic rings. The number of halogens is 1. The van der Waals surface area contributed by atoms with Crippen molar-refractivity contribution in [1.82, 2.24) is 0 Å². The number of hydrogen-bond donors (Lipinski definition) is 1. The fourth-order valence-corrected chi connectivity index (χ4v) is 2.06. The molecule has 2 nitrogen and oxygen atoms in total. The van der Waals surface area contributed by atoms with Crippen LogP contribution in [0.1, 0.15) is 31.7 Å². The Morgan fingerprint density at radius 2 is 2.12 bits per heavy atom. The van der Waals surface area contributed by atoms with Gasteiger partial charge in [-0.25, -0.2) is 0 Å². The highest BCUT2D eigenvalue weighted by Crippen LogP contribution is 2.26. The maximum Gasteiger partial charge on any atom is 0.133 e. The first-order chi connectivity index (χ1) is 7.77. The van der Waals surface area contributed by atoms with Crippen LogP contribution in [0, 0.1) is 0 Å². The van der Waals surface area contributed by atoms with E-state index in [1.165, 1.54) is 18.4 Å². The van der Waals surface area contributed by atoms with E-state index < -0.39 is 0 Å². The molecule has 0 saturated heterocycles. The molecule has 3 heteroatoms.